The molecule has 0 heterocycles. The van der Waals surface area contributed by atoms with Gasteiger partial charge in [0.25, 0.3) is 0 Å². The second kappa shape index (κ2) is 6.47. The van der Waals surface area contributed by atoms with Gasteiger partial charge < -0.3 is 15.7 Å². The smallest absolute Gasteiger partial charge is 0.315 e. The Bertz CT molecular complexity index is 277. The third kappa shape index (κ3) is 5.56. The summed E-state index contributed by atoms with van der Waals surface area (Å²) in [7, 11) is 0. The molecule has 2 amide bonds. The van der Waals surface area contributed by atoms with Gasteiger partial charge in [-0.3, -0.25) is 4.79 Å². The molecule has 0 spiro atoms. The van der Waals surface area contributed by atoms with Crippen molar-refractivity contribution in [2.24, 2.45) is 11.3 Å². The number of rotatable bonds is 6. The summed E-state index contributed by atoms with van der Waals surface area (Å²) in [6.45, 7) is 9.33. The van der Waals surface area contributed by atoms with Gasteiger partial charge in [-0.15, -0.1) is 0 Å². The largest absolute Gasteiger partial charge is 0.481 e. The van der Waals surface area contributed by atoms with Gasteiger partial charge >= 0.3 is 12.0 Å². The molecule has 0 aromatic rings. The first-order valence-electron chi connectivity index (χ1n) is 5.98. The van der Waals surface area contributed by atoms with Crippen LogP contribution in [0.3, 0.4) is 0 Å². The van der Waals surface area contributed by atoms with Crippen LogP contribution in [-0.2, 0) is 4.79 Å². The van der Waals surface area contributed by atoms with Gasteiger partial charge in [0.15, 0.2) is 0 Å². The zero-order valence-corrected chi connectivity index (χ0v) is 11.3. The second-order valence-electron chi connectivity index (χ2n) is 5.19. The van der Waals surface area contributed by atoms with E-state index in [1.165, 1.54) is 0 Å². The normalized spacial score (nSPS) is 14.9. The van der Waals surface area contributed by atoms with Crippen LogP contribution in [0.15, 0.2) is 0 Å². The molecule has 0 aliphatic carbocycles. The van der Waals surface area contributed by atoms with Crippen molar-refractivity contribution in [3.05, 3.63) is 0 Å². The first kappa shape index (κ1) is 15.7. The Balaban J connectivity index is 4.08. The Morgan fingerprint density at radius 3 is 2.24 bits per heavy atom. The standard InChI is InChI=1S/C12H24N2O3/c1-6-8(2)9(3)14-11(17)13-7-12(4,5)10(15)16/h8-9H,6-7H2,1-5H3,(H,15,16)(H2,13,14,17). The quantitative estimate of drug-likeness (QED) is 0.667. The van der Waals surface area contributed by atoms with E-state index in [1.807, 2.05) is 6.92 Å². The van der Waals surface area contributed by atoms with E-state index in [-0.39, 0.29) is 18.6 Å². The van der Waals surface area contributed by atoms with Crippen molar-refractivity contribution in [3.8, 4) is 0 Å². The second-order valence-corrected chi connectivity index (χ2v) is 5.19. The highest BCUT2D eigenvalue weighted by molar-refractivity contribution is 5.77. The molecule has 0 aromatic carbocycles. The molecular formula is C12H24N2O3. The average Bonchev–Trinajstić information content (AvgIpc) is 2.25. The van der Waals surface area contributed by atoms with Gasteiger partial charge in [-0.1, -0.05) is 20.3 Å². The minimum absolute atomic E-state index is 0.0768. The molecule has 0 saturated heterocycles. The van der Waals surface area contributed by atoms with Gasteiger partial charge in [-0.05, 0) is 26.7 Å². The fourth-order valence-corrected chi connectivity index (χ4v) is 1.13. The lowest BCUT2D eigenvalue weighted by atomic mass is 9.94. The Morgan fingerprint density at radius 2 is 1.82 bits per heavy atom. The van der Waals surface area contributed by atoms with Crippen molar-refractivity contribution in [2.45, 2.75) is 47.1 Å². The van der Waals surface area contributed by atoms with Crippen molar-refractivity contribution in [3.63, 3.8) is 0 Å². The first-order chi connectivity index (χ1) is 7.70. The minimum atomic E-state index is -0.947. The summed E-state index contributed by atoms with van der Waals surface area (Å²) in [6.07, 6.45) is 0.988. The monoisotopic (exact) mass is 244 g/mol. The van der Waals surface area contributed by atoms with Crippen LogP contribution in [0.1, 0.15) is 41.0 Å². The Kier molecular flexibility index (Phi) is 5.99. The molecule has 0 fully saturated rings. The maximum absolute atomic E-state index is 11.5. The van der Waals surface area contributed by atoms with Crippen molar-refractivity contribution >= 4 is 12.0 Å². The van der Waals surface area contributed by atoms with E-state index in [2.05, 4.69) is 24.5 Å². The minimum Gasteiger partial charge on any atom is -0.481 e. The fourth-order valence-electron chi connectivity index (χ4n) is 1.13. The predicted molar refractivity (Wildman–Crippen MR) is 66.9 cm³/mol. The summed E-state index contributed by atoms with van der Waals surface area (Å²) in [5.74, 6) is -0.527. The lowest BCUT2D eigenvalue weighted by Gasteiger charge is -2.23. The number of carbonyl (C=O) groups excluding carboxylic acids is 1. The molecule has 0 aliphatic rings. The van der Waals surface area contributed by atoms with Crippen LogP contribution >= 0.6 is 0 Å². The van der Waals surface area contributed by atoms with Gasteiger partial charge in [0, 0.05) is 12.6 Å². The van der Waals surface area contributed by atoms with Crippen LogP contribution in [0, 0.1) is 11.3 Å². The van der Waals surface area contributed by atoms with Gasteiger partial charge in [0.2, 0.25) is 0 Å². The number of hydrogen-bond acceptors (Lipinski definition) is 2. The van der Waals surface area contributed by atoms with E-state index in [0.29, 0.717) is 5.92 Å². The van der Waals surface area contributed by atoms with Gasteiger partial charge in [0.05, 0.1) is 5.41 Å². The van der Waals surface area contributed by atoms with Gasteiger partial charge in [-0.2, -0.15) is 0 Å². The molecule has 17 heavy (non-hydrogen) atoms. The van der Waals surface area contributed by atoms with E-state index in [0.717, 1.165) is 6.42 Å². The maximum Gasteiger partial charge on any atom is 0.315 e. The predicted octanol–water partition coefficient (Wildman–Crippen LogP) is 1.83. The molecule has 0 saturated carbocycles. The van der Waals surface area contributed by atoms with Crippen molar-refractivity contribution in [1.29, 1.82) is 0 Å². The van der Waals surface area contributed by atoms with E-state index >= 15 is 0 Å². The maximum atomic E-state index is 11.5. The van der Waals surface area contributed by atoms with Crippen LogP contribution in [0.2, 0.25) is 0 Å². The molecular weight excluding hydrogens is 220 g/mol. The molecule has 0 bridgehead atoms. The molecule has 0 radical (unpaired) electrons. The summed E-state index contributed by atoms with van der Waals surface area (Å²) < 4.78 is 0. The number of urea groups is 1. The van der Waals surface area contributed by atoms with E-state index in [9.17, 15) is 9.59 Å². The SMILES string of the molecule is CCC(C)C(C)NC(=O)NCC(C)(C)C(=O)O. The van der Waals surface area contributed by atoms with Crippen LogP contribution in [0.5, 0.6) is 0 Å². The molecule has 0 aromatic heterocycles. The van der Waals surface area contributed by atoms with Crippen LogP contribution in [0.25, 0.3) is 0 Å². The van der Waals surface area contributed by atoms with E-state index in [4.69, 9.17) is 5.11 Å². The first-order valence-corrected chi connectivity index (χ1v) is 5.98. The zero-order chi connectivity index (χ0) is 13.6. The van der Waals surface area contributed by atoms with Gasteiger partial charge in [0.1, 0.15) is 0 Å². The fraction of sp³-hybridized carbons (Fsp3) is 0.833. The molecule has 0 rings (SSSR count). The zero-order valence-electron chi connectivity index (χ0n) is 11.3. The third-order valence-corrected chi connectivity index (χ3v) is 3.13. The van der Waals surface area contributed by atoms with Crippen LogP contribution < -0.4 is 10.6 Å². The molecule has 5 heteroatoms. The van der Waals surface area contributed by atoms with Crippen molar-refractivity contribution in [1.82, 2.24) is 10.6 Å². The van der Waals surface area contributed by atoms with E-state index < -0.39 is 11.4 Å². The van der Waals surface area contributed by atoms with Crippen LogP contribution in [-0.4, -0.2) is 29.7 Å². The molecule has 2 unspecified atom stereocenters. The van der Waals surface area contributed by atoms with Crippen molar-refractivity contribution in [2.75, 3.05) is 6.54 Å². The Hall–Kier alpha value is -1.26. The summed E-state index contributed by atoms with van der Waals surface area (Å²) >= 11 is 0. The topological polar surface area (TPSA) is 78.4 Å². The number of amides is 2. The summed E-state index contributed by atoms with van der Waals surface area (Å²) in [6, 6.07) is -0.236. The van der Waals surface area contributed by atoms with Crippen LogP contribution in [0.4, 0.5) is 4.79 Å². The molecule has 3 N–H and O–H groups in total. The van der Waals surface area contributed by atoms with Crippen molar-refractivity contribution < 1.29 is 14.7 Å². The molecule has 0 aliphatic heterocycles. The van der Waals surface area contributed by atoms with E-state index in [1.54, 1.807) is 13.8 Å². The molecule has 5 nitrogen and oxygen atoms in total. The lowest BCUT2D eigenvalue weighted by molar-refractivity contribution is -0.146. The summed E-state index contributed by atoms with van der Waals surface area (Å²) in [5.41, 5.74) is -0.947. The third-order valence-electron chi connectivity index (χ3n) is 3.13. The lowest BCUT2D eigenvalue weighted by Crippen LogP contribution is -2.47. The Labute approximate surface area is 103 Å². The number of carboxylic acid groups (broad SMARTS) is 1. The number of nitrogens with one attached hydrogen (secondary N) is 2. The number of carboxylic acids is 1. The highest BCUT2D eigenvalue weighted by Crippen LogP contribution is 2.13. The Morgan fingerprint density at radius 1 is 1.29 bits per heavy atom. The summed E-state index contributed by atoms with van der Waals surface area (Å²) in [5, 5.41) is 14.3. The number of hydrogen-bond donors (Lipinski definition) is 3. The molecule has 2 atom stereocenters. The highest BCUT2D eigenvalue weighted by Gasteiger charge is 2.27. The molecule has 100 valence electrons. The summed E-state index contributed by atoms with van der Waals surface area (Å²) in [4.78, 5) is 22.4. The number of carbonyl (C=O) groups is 2. The number of aliphatic carboxylic acids is 1. The average molecular weight is 244 g/mol. The van der Waals surface area contributed by atoms with Gasteiger partial charge in [-0.25, -0.2) is 4.79 Å². The highest BCUT2D eigenvalue weighted by atomic mass is 16.4.